The van der Waals surface area contributed by atoms with E-state index in [0.717, 1.165) is 29.9 Å². The van der Waals surface area contributed by atoms with Crippen molar-refractivity contribution in [2.75, 3.05) is 11.9 Å². The highest BCUT2D eigenvalue weighted by molar-refractivity contribution is 7.80. The van der Waals surface area contributed by atoms with Gasteiger partial charge in [0.2, 0.25) is 0 Å². The average Bonchev–Trinajstić information content (AvgIpc) is 2.27. The molecule has 0 aliphatic rings. The Morgan fingerprint density at radius 1 is 1.53 bits per heavy atom. The number of aromatic nitrogens is 1. The van der Waals surface area contributed by atoms with Gasteiger partial charge in [-0.1, -0.05) is 25.6 Å². The molecule has 1 unspecified atom stereocenters. The van der Waals surface area contributed by atoms with Crippen LogP contribution in [0.1, 0.15) is 37.9 Å². The Morgan fingerprint density at radius 2 is 2.18 bits per heavy atom. The third-order valence-electron chi connectivity index (χ3n) is 2.98. The second kappa shape index (κ2) is 5.96. The van der Waals surface area contributed by atoms with Gasteiger partial charge in [0.25, 0.3) is 0 Å². The van der Waals surface area contributed by atoms with E-state index in [0.29, 0.717) is 11.0 Å². The second-order valence-electron chi connectivity index (χ2n) is 4.44. The molecule has 0 amide bonds. The first kappa shape index (κ1) is 13.9. The van der Waals surface area contributed by atoms with Crippen LogP contribution in [0.4, 0.5) is 5.82 Å². The Hall–Kier alpha value is -1.16. The first-order chi connectivity index (χ1) is 7.97. The van der Waals surface area contributed by atoms with Crippen LogP contribution in [-0.4, -0.2) is 23.1 Å². The standard InChI is InChI=1S/C13H21N3S/c1-5-6-10(3)16(4)13-11(12(14)17)8-7-9(2)15-13/h7-8,10H,5-6H2,1-4H3,(H2,14,17). The molecule has 4 heteroatoms. The number of hydrogen-bond acceptors (Lipinski definition) is 3. The van der Waals surface area contributed by atoms with Gasteiger partial charge < -0.3 is 10.6 Å². The predicted octanol–water partition coefficient (Wildman–Crippen LogP) is 2.65. The molecule has 94 valence electrons. The minimum atomic E-state index is 0.406. The van der Waals surface area contributed by atoms with Gasteiger partial charge in [-0.25, -0.2) is 4.98 Å². The van der Waals surface area contributed by atoms with Crippen molar-refractivity contribution in [1.82, 2.24) is 4.98 Å². The Bertz CT molecular complexity index is 404. The molecule has 0 aliphatic carbocycles. The molecule has 3 nitrogen and oxygen atoms in total. The summed E-state index contributed by atoms with van der Waals surface area (Å²) in [6.07, 6.45) is 2.28. The van der Waals surface area contributed by atoms with E-state index in [-0.39, 0.29) is 0 Å². The van der Waals surface area contributed by atoms with Gasteiger partial charge in [-0.05, 0) is 32.4 Å². The summed E-state index contributed by atoms with van der Waals surface area (Å²) < 4.78 is 0. The van der Waals surface area contributed by atoms with Crippen molar-refractivity contribution >= 4 is 23.0 Å². The lowest BCUT2D eigenvalue weighted by molar-refractivity contribution is 0.610. The first-order valence-corrected chi connectivity index (χ1v) is 6.38. The molecular formula is C13H21N3S. The van der Waals surface area contributed by atoms with Gasteiger partial charge in [-0.15, -0.1) is 0 Å². The zero-order chi connectivity index (χ0) is 13.0. The van der Waals surface area contributed by atoms with E-state index in [1.54, 1.807) is 0 Å². The molecule has 0 saturated heterocycles. The molecule has 0 fully saturated rings. The van der Waals surface area contributed by atoms with Crippen LogP contribution in [0.15, 0.2) is 12.1 Å². The van der Waals surface area contributed by atoms with Crippen LogP contribution in [0.5, 0.6) is 0 Å². The molecule has 1 rings (SSSR count). The predicted molar refractivity (Wildman–Crippen MR) is 77.6 cm³/mol. The van der Waals surface area contributed by atoms with Crippen molar-refractivity contribution in [3.05, 3.63) is 23.4 Å². The van der Waals surface area contributed by atoms with Crippen molar-refractivity contribution in [1.29, 1.82) is 0 Å². The van der Waals surface area contributed by atoms with Crippen LogP contribution < -0.4 is 10.6 Å². The zero-order valence-electron chi connectivity index (χ0n) is 11.0. The Balaban J connectivity index is 3.10. The molecule has 0 saturated carbocycles. The number of hydrogen-bond donors (Lipinski definition) is 1. The lowest BCUT2D eigenvalue weighted by atomic mass is 10.1. The molecular weight excluding hydrogens is 230 g/mol. The monoisotopic (exact) mass is 251 g/mol. The number of anilines is 1. The summed E-state index contributed by atoms with van der Waals surface area (Å²) in [6, 6.07) is 4.33. The molecule has 1 aromatic rings. The number of aryl methyl sites for hydroxylation is 1. The molecule has 1 atom stereocenters. The maximum atomic E-state index is 5.74. The fraction of sp³-hybridized carbons (Fsp3) is 0.538. The number of pyridine rings is 1. The summed E-state index contributed by atoms with van der Waals surface area (Å²) in [5.41, 5.74) is 7.58. The van der Waals surface area contributed by atoms with E-state index < -0.39 is 0 Å². The van der Waals surface area contributed by atoms with Crippen LogP contribution in [0, 0.1) is 6.92 Å². The average molecular weight is 251 g/mol. The number of rotatable bonds is 5. The van der Waals surface area contributed by atoms with Gasteiger partial charge in [-0.2, -0.15) is 0 Å². The summed E-state index contributed by atoms with van der Waals surface area (Å²) in [7, 11) is 2.05. The van der Waals surface area contributed by atoms with E-state index in [4.69, 9.17) is 18.0 Å². The third-order valence-corrected chi connectivity index (χ3v) is 3.20. The van der Waals surface area contributed by atoms with Crippen molar-refractivity contribution in [3.8, 4) is 0 Å². The van der Waals surface area contributed by atoms with Gasteiger partial charge in [0.15, 0.2) is 0 Å². The van der Waals surface area contributed by atoms with Gasteiger partial charge in [0, 0.05) is 18.8 Å². The highest BCUT2D eigenvalue weighted by Gasteiger charge is 2.16. The van der Waals surface area contributed by atoms with Gasteiger partial charge in [0.05, 0.1) is 5.56 Å². The number of nitrogens with two attached hydrogens (primary N) is 1. The molecule has 1 heterocycles. The van der Waals surface area contributed by atoms with Gasteiger partial charge in [0.1, 0.15) is 10.8 Å². The van der Waals surface area contributed by atoms with Crippen molar-refractivity contribution in [2.24, 2.45) is 5.73 Å². The Kier molecular flexibility index (Phi) is 4.87. The van der Waals surface area contributed by atoms with Crippen molar-refractivity contribution in [3.63, 3.8) is 0 Å². The molecule has 0 bridgehead atoms. The molecule has 17 heavy (non-hydrogen) atoms. The highest BCUT2D eigenvalue weighted by atomic mass is 32.1. The number of nitrogens with zero attached hydrogens (tertiary/aromatic N) is 2. The highest BCUT2D eigenvalue weighted by Crippen LogP contribution is 2.20. The van der Waals surface area contributed by atoms with Crippen LogP contribution in [-0.2, 0) is 0 Å². The quantitative estimate of drug-likeness (QED) is 0.817. The first-order valence-electron chi connectivity index (χ1n) is 5.97. The van der Waals surface area contributed by atoms with E-state index >= 15 is 0 Å². The molecule has 0 aliphatic heterocycles. The van der Waals surface area contributed by atoms with Crippen molar-refractivity contribution < 1.29 is 0 Å². The third kappa shape index (κ3) is 3.40. The number of thiocarbonyl (C=S) groups is 1. The molecule has 0 aromatic carbocycles. The topological polar surface area (TPSA) is 42.2 Å². The van der Waals surface area contributed by atoms with Crippen LogP contribution in [0.25, 0.3) is 0 Å². The Labute approximate surface area is 109 Å². The van der Waals surface area contributed by atoms with E-state index in [1.165, 1.54) is 0 Å². The molecule has 0 radical (unpaired) electrons. The maximum absolute atomic E-state index is 5.74. The van der Waals surface area contributed by atoms with E-state index in [1.807, 2.05) is 26.1 Å². The SMILES string of the molecule is CCCC(C)N(C)c1nc(C)ccc1C(N)=S. The smallest absolute Gasteiger partial charge is 0.139 e. The largest absolute Gasteiger partial charge is 0.389 e. The minimum absolute atomic E-state index is 0.406. The van der Waals surface area contributed by atoms with Crippen LogP contribution in [0.2, 0.25) is 0 Å². The summed E-state index contributed by atoms with van der Waals surface area (Å²) in [5.74, 6) is 0.887. The van der Waals surface area contributed by atoms with E-state index in [9.17, 15) is 0 Å². The maximum Gasteiger partial charge on any atom is 0.139 e. The summed E-state index contributed by atoms with van der Waals surface area (Å²) >= 11 is 5.07. The fourth-order valence-corrected chi connectivity index (χ4v) is 1.98. The lowest BCUT2D eigenvalue weighted by Gasteiger charge is -2.27. The van der Waals surface area contributed by atoms with Crippen LogP contribution >= 0.6 is 12.2 Å². The molecule has 2 N–H and O–H groups in total. The minimum Gasteiger partial charge on any atom is -0.389 e. The van der Waals surface area contributed by atoms with Crippen molar-refractivity contribution in [2.45, 2.75) is 39.7 Å². The van der Waals surface area contributed by atoms with E-state index in [2.05, 4.69) is 23.7 Å². The Morgan fingerprint density at radius 3 is 2.71 bits per heavy atom. The normalized spacial score (nSPS) is 12.2. The summed E-state index contributed by atoms with van der Waals surface area (Å²) in [5, 5.41) is 0. The van der Waals surface area contributed by atoms with Gasteiger partial charge in [-0.3, -0.25) is 0 Å². The summed E-state index contributed by atoms with van der Waals surface area (Å²) in [4.78, 5) is 7.12. The van der Waals surface area contributed by atoms with Gasteiger partial charge >= 0.3 is 0 Å². The fourth-order valence-electron chi connectivity index (χ4n) is 1.82. The summed E-state index contributed by atoms with van der Waals surface area (Å²) in [6.45, 7) is 6.35. The van der Waals surface area contributed by atoms with Crippen LogP contribution in [0.3, 0.4) is 0 Å². The lowest BCUT2D eigenvalue weighted by Crippen LogP contribution is -2.31. The second-order valence-corrected chi connectivity index (χ2v) is 4.88. The molecule has 0 spiro atoms. The zero-order valence-corrected chi connectivity index (χ0v) is 11.8. The molecule has 1 aromatic heterocycles.